The number of hydrogen-bond donors (Lipinski definition) is 2. The Morgan fingerprint density at radius 2 is 1.41 bits per heavy atom. The Morgan fingerprint density at radius 3 is 2.07 bits per heavy atom. The first-order valence-corrected chi connectivity index (χ1v) is 16.2. The van der Waals surface area contributed by atoms with Crippen molar-refractivity contribution in [1.82, 2.24) is 9.80 Å². The third-order valence-electron chi connectivity index (χ3n) is 8.75. The smallest absolute Gasteiger partial charge is 0.254 e. The van der Waals surface area contributed by atoms with E-state index in [-0.39, 0.29) is 31.0 Å². The molecule has 4 aromatic carbocycles. The Balaban J connectivity index is 1.52. The number of aliphatic hydroxyl groups is 2. The van der Waals surface area contributed by atoms with Gasteiger partial charge in [0.25, 0.3) is 11.8 Å². The van der Waals surface area contributed by atoms with Gasteiger partial charge >= 0.3 is 0 Å². The highest BCUT2D eigenvalue weighted by Crippen LogP contribution is 2.30. The highest BCUT2D eigenvalue weighted by Gasteiger charge is 2.34. The van der Waals surface area contributed by atoms with Gasteiger partial charge in [0, 0.05) is 30.3 Å². The fourth-order valence-electron chi connectivity index (χ4n) is 6.00. The minimum absolute atomic E-state index is 0.0149. The number of aryl methyl sites for hydroxylation is 2. The maximum atomic E-state index is 14.1. The summed E-state index contributed by atoms with van der Waals surface area (Å²) in [4.78, 5) is 31.5. The maximum absolute atomic E-state index is 14.1. The Kier molecular flexibility index (Phi) is 11.9. The molecule has 2 amide bonds. The van der Waals surface area contributed by atoms with Crippen molar-refractivity contribution in [2.45, 2.75) is 78.1 Å². The SMILES string of the molecule is Cc1ccc(CC(O)CCc2ccccc2C(=O)N(Cc2ccccc2)C(C)C)c(C(=O)N(CCO)C(C)(C)c2ccccc2)c1. The Labute approximate surface area is 274 Å². The maximum Gasteiger partial charge on any atom is 0.254 e. The number of carbonyl (C=O) groups excluding carboxylic acids is 2. The van der Waals surface area contributed by atoms with Crippen molar-refractivity contribution in [2.24, 2.45) is 0 Å². The molecule has 0 radical (unpaired) electrons. The van der Waals surface area contributed by atoms with Gasteiger partial charge in [0.1, 0.15) is 0 Å². The molecule has 0 aliphatic carbocycles. The van der Waals surface area contributed by atoms with Crippen LogP contribution >= 0.6 is 0 Å². The van der Waals surface area contributed by atoms with E-state index in [9.17, 15) is 19.8 Å². The van der Waals surface area contributed by atoms with E-state index in [4.69, 9.17) is 0 Å². The molecule has 6 nitrogen and oxygen atoms in total. The largest absolute Gasteiger partial charge is 0.395 e. The fraction of sp³-hybridized carbons (Fsp3) is 0.350. The van der Waals surface area contributed by atoms with Crippen LogP contribution in [0.3, 0.4) is 0 Å². The van der Waals surface area contributed by atoms with Gasteiger partial charge in [-0.25, -0.2) is 0 Å². The van der Waals surface area contributed by atoms with Gasteiger partial charge in [-0.05, 0) is 88.3 Å². The van der Waals surface area contributed by atoms with Gasteiger partial charge in [-0.15, -0.1) is 0 Å². The van der Waals surface area contributed by atoms with Crippen molar-refractivity contribution in [3.8, 4) is 0 Å². The molecule has 1 unspecified atom stereocenters. The highest BCUT2D eigenvalue weighted by molar-refractivity contribution is 5.97. The molecule has 46 heavy (non-hydrogen) atoms. The van der Waals surface area contributed by atoms with E-state index in [1.165, 1.54) is 0 Å². The predicted molar refractivity (Wildman–Crippen MR) is 185 cm³/mol. The minimum atomic E-state index is -0.726. The zero-order valence-corrected chi connectivity index (χ0v) is 27.8. The lowest BCUT2D eigenvalue weighted by atomic mass is 9.90. The van der Waals surface area contributed by atoms with Gasteiger partial charge in [0.2, 0.25) is 0 Å². The lowest BCUT2D eigenvalue weighted by Gasteiger charge is -2.39. The molecule has 4 aromatic rings. The summed E-state index contributed by atoms with van der Waals surface area (Å²) in [5, 5.41) is 21.2. The molecule has 0 bridgehead atoms. The van der Waals surface area contributed by atoms with Crippen LogP contribution in [-0.2, 0) is 24.9 Å². The summed E-state index contributed by atoms with van der Waals surface area (Å²) >= 11 is 0. The summed E-state index contributed by atoms with van der Waals surface area (Å²) in [5.74, 6) is -0.211. The average molecular weight is 621 g/mol. The van der Waals surface area contributed by atoms with E-state index in [2.05, 4.69) is 0 Å². The molecule has 0 saturated carbocycles. The second kappa shape index (κ2) is 15.8. The first-order chi connectivity index (χ1) is 22.0. The minimum Gasteiger partial charge on any atom is -0.395 e. The van der Waals surface area contributed by atoms with Crippen molar-refractivity contribution >= 4 is 11.8 Å². The predicted octanol–water partition coefficient (Wildman–Crippen LogP) is 6.95. The van der Waals surface area contributed by atoms with Crippen LogP contribution in [0.25, 0.3) is 0 Å². The van der Waals surface area contributed by atoms with Gasteiger partial charge in [-0.3, -0.25) is 9.59 Å². The molecular weight excluding hydrogens is 572 g/mol. The second-order valence-corrected chi connectivity index (χ2v) is 12.8. The summed E-state index contributed by atoms with van der Waals surface area (Å²) in [6.45, 7) is 10.5. The summed E-state index contributed by atoms with van der Waals surface area (Å²) in [5.41, 5.74) is 5.15. The van der Waals surface area contributed by atoms with Gasteiger partial charge in [-0.1, -0.05) is 96.6 Å². The number of nitrogens with zero attached hydrogens (tertiary/aromatic N) is 2. The van der Waals surface area contributed by atoms with Crippen molar-refractivity contribution in [2.75, 3.05) is 13.2 Å². The number of amides is 2. The van der Waals surface area contributed by atoms with Crippen LogP contribution in [0.5, 0.6) is 0 Å². The van der Waals surface area contributed by atoms with Crippen LogP contribution in [-0.4, -0.2) is 57.1 Å². The summed E-state index contributed by atoms with van der Waals surface area (Å²) in [6, 6.07) is 33.2. The van der Waals surface area contributed by atoms with E-state index in [1.54, 1.807) is 4.90 Å². The number of aliphatic hydroxyl groups excluding tert-OH is 2. The summed E-state index contributed by atoms with van der Waals surface area (Å²) in [7, 11) is 0. The molecule has 0 aliphatic rings. The molecule has 0 fully saturated rings. The van der Waals surface area contributed by atoms with Gasteiger partial charge in [0.05, 0.1) is 18.2 Å². The van der Waals surface area contributed by atoms with E-state index >= 15 is 0 Å². The standard InChI is InChI=1S/C40H48N2O4/c1-29(2)41(28-31-14-8-6-9-15-31)38(45)36-19-13-12-16-32(36)22-23-35(44)27-33-21-20-30(3)26-37(33)39(46)42(24-25-43)40(4,5)34-17-10-7-11-18-34/h6-21,26,29,35,43-44H,22-25,27-28H2,1-5H3. The molecule has 4 rings (SSSR count). The monoisotopic (exact) mass is 620 g/mol. The van der Waals surface area contributed by atoms with E-state index in [0.717, 1.165) is 27.8 Å². The quantitative estimate of drug-likeness (QED) is 0.160. The van der Waals surface area contributed by atoms with E-state index in [0.29, 0.717) is 36.9 Å². The van der Waals surface area contributed by atoms with Gasteiger partial charge in [-0.2, -0.15) is 0 Å². The lowest BCUT2D eigenvalue weighted by Crippen LogP contribution is -2.47. The first-order valence-electron chi connectivity index (χ1n) is 16.2. The van der Waals surface area contributed by atoms with Crippen LogP contribution in [0.15, 0.2) is 103 Å². The molecule has 1 atom stereocenters. The molecule has 0 aromatic heterocycles. The third kappa shape index (κ3) is 8.51. The fourth-order valence-corrected chi connectivity index (χ4v) is 6.00. The van der Waals surface area contributed by atoms with Crippen molar-refractivity contribution in [3.05, 3.63) is 142 Å². The molecule has 0 aliphatic heterocycles. The molecule has 0 spiro atoms. The van der Waals surface area contributed by atoms with Crippen LogP contribution in [0.2, 0.25) is 0 Å². The zero-order chi connectivity index (χ0) is 33.3. The van der Waals surface area contributed by atoms with Crippen LogP contribution < -0.4 is 0 Å². The van der Waals surface area contributed by atoms with Gasteiger partial charge < -0.3 is 20.0 Å². The van der Waals surface area contributed by atoms with Crippen molar-refractivity contribution < 1.29 is 19.8 Å². The number of carbonyl (C=O) groups is 2. The van der Waals surface area contributed by atoms with E-state index in [1.807, 2.05) is 143 Å². The Hall–Kier alpha value is -4.26. The molecule has 0 heterocycles. The molecule has 2 N–H and O–H groups in total. The van der Waals surface area contributed by atoms with Crippen molar-refractivity contribution in [3.63, 3.8) is 0 Å². The van der Waals surface area contributed by atoms with Gasteiger partial charge in [0.15, 0.2) is 0 Å². The Bertz CT molecular complexity index is 1580. The average Bonchev–Trinajstić information content (AvgIpc) is 3.06. The van der Waals surface area contributed by atoms with E-state index < -0.39 is 11.6 Å². The zero-order valence-electron chi connectivity index (χ0n) is 27.8. The first kappa shape index (κ1) is 34.6. The van der Waals surface area contributed by atoms with Crippen LogP contribution in [0.4, 0.5) is 0 Å². The normalized spacial score (nSPS) is 12.2. The summed E-state index contributed by atoms with van der Waals surface area (Å²) < 4.78 is 0. The summed E-state index contributed by atoms with van der Waals surface area (Å²) in [6.07, 6.45) is 0.522. The molecule has 0 saturated heterocycles. The molecule has 6 heteroatoms. The molecule has 242 valence electrons. The number of rotatable bonds is 14. The number of benzene rings is 4. The Morgan fingerprint density at radius 1 is 0.783 bits per heavy atom. The third-order valence-corrected chi connectivity index (χ3v) is 8.75. The number of hydrogen-bond acceptors (Lipinski definition) is 4. The van der Waals surface area contributed by atoms with Crippen molar-refractivity contribution in [1.29, 1.82) is 0 Å². The lowest BCUT2D eigenvalue weighted by molar-refractivity contribution is 0.0478. The van der Waals surface area contributed by atoms with Crippen LogP contribution in [0.1, 0.15) is 82.6 Å². The molecular formula is C40H48N2O4. The van der Waals surface area contributed by atoms with Crippen LogP contribution in [0, 0.1) is 6.92 Å². The highest BCUT2D eigenvalue weighted by atomic mass is 16.3. The topological polar surface area (TPSA) is 81.1 Å². The second-order valence-electron chi connectivity index (χ2n) is 12.8.